The van der Waals surface area contributed by atoms with Crippen molar-refractivity contribution in [3.63, 3.8) is 0 Å². The maximum atomic E-state index is 10.9. The van der Waals surface area contributed by atoms with Gasteiger partial charge in [-0.2, -0.15) is 0 Å². The molecular formula is C32H37Cl2N5O2. The molecular weight excluding hydrogens is 557 g/mol. The number of carbonyl (C=O) groups excluding carboxylic acids is 1. The van der Waals surface area contributed by atoms with Crippen LogP contribution in [0.3, 0.4) is 0 Å². The number of amides is 1. The molecule has 2 N–H and O–H groups in total. The summed E-state index contributed by atoms with van der Waals surface area (Å²) in [4.78, 5) is 22.3. The molecule has 1 aliphatic rings. The number of carbonyl (C=O) groups is 1. The number of hydrogen-bond donors (Lipinski definition) is 2. The number of nitrogens with zero attached hydrogens (tertiary/aromatic N) is 4. The van der Waals surface area contributed by atoms with Gasteiger partial charge in [-0.1, -0.05) is 41.4 Å². The number of nitrogens with one attached hydrogen (secondary N) is 1. The van der Waals surface area contributed by atoms with Crippen molar-refractivity contribution in [2.45, 2.75) is 38.1 Å². The number of aliphatic imine (C=N–C) groups is 2. The first-order valence-electron chi connectivity index (χ1n) is 13.8. The lowest BCUT2D eigenvalue weighted by atomic mass is 9.89. The van der Waals surface area contributed by atoms with Gasteiger partial charge in [0.1, 0.15) is 0 Å². The lowest BCUT2D eigenvalue weighted by molar-refractivity contribution is -0.109. The molecule has 2 heterocycles. The van der Waals surface area contributed by atoms with E-state index in [0.717, 1.165) is 48.3 Å². The number of halogens is 2. The van der Waals surface area contributed by atoms with Crippen LogP contribution in [0.15, 0.2) is 76.5 Å². The van der Waals surface area contributed by atoms with Crippen LogP contribution < -0.4 is 5.32 Å². The van der Waals surface area contributed by atoms with Crippen LogP contribution in [0, 0.1) is 0 Å². The fourth-order valence-corrected chi connectivity index (χ4v) is 5.82. The largest absolute Gasteiger partial charge is 0.395 e. The van der Waals surface area contributed by atoms with E-state index >= 15 is 0 Å². The van der Waals surface area contributed by atoms with Gasteiger partial charge in [-0.3, -0.25) is 9.79 Å². The summed E-state index contributed by atoms with van der Waals surface area (Å²) in [6.07, 6.45) is 6.56. The van der Waals surface area contributed by atoms with Gasteiger partial charge < -0.3 is 19.9 Å². The summed E-state index contributed by atoms with van der Waals surface area (Å²) >= 11 is 13.1. The third kappa shape index (κ3) is 7.74. The molecule has 7 nitrogen and oxygen atoms in total. The van der Waals surface area contributed by atoms with E-state index in [1.54, 1.807) is 12.3 Å². The highest BCUT2D eigenvalue weighted by Crippen LogP contribution is 2.35. The lowest BCUT2D eigenvalue weighted by Crippen LogP contribution is -2.29. The molecule has 0 radical (unpaired) electrons. The normalized spacial score (nSPS) is 16.0. The van der Waals surface area contributed by atoms with E-state index in [1.807, 2.05) is 54.1 Å². The Balaban J connectivity index is 1.77. The quantitative estimate of drug-likeness (QED) is 0.149. The molecule has 2 aromatic carbocycles. The number of aromatic nitrogens is 1. The smallest absolute Gasteiger partial charge is 0.207 e. The monoisotopic (exact) mass is 593 g/mol. The molecule has 1 aliphatic heterocycles. The summed E-state index contributed by atoms with van der Waals surface area (Å²) in [7, 11) is 2.16. The van der Waals surface area contributed by atoms with Crippen molar-refractivity contribution in [1.82, 2.24) is 14.8 Å². The van der Waals surface area contributed by atoms with E-state index in [9.17, 15) is 9.90 Å². The van der Waals surface area contributed by atoms with Crippen LogP contribution in [0.2, 0.25) is 10.0 Å². The van der Waals surface area contributed by atoms with Gasteiger partial charge in [-0.05, 0) is 99.6 Å². The Bertz CT molecular complexity index is 1420. The topological polar surface area (TPSA) is 82.2 Å². The minimum Gasteiger partial charge on any atom is -0.395 e. The zero-order valence-corrected chi connectivity index (χ0v) is 25.1. The van der Waals surface area contributed by atoms with Crippen LogP contribution in [0.4, 0.5) is 5.69 Å². The minimum absolute atomic E-state index is 0.120. The zero-order valence-electron chi connectivity index (χ0n) is 23.6. The maximum Gasteiger partial charge on any atom is 0.207 e. The fourth-order valence-electron chi connectivity index (χ4n) is 5.39. The summed E-state index contributed by atoms with van der Waals surface area (Å²) < 4.78 is 2.03. The molecule has 3 aromatic rings. The van der Waals surface area contributed by atoms with Crippen LogP contribution in [-0.2, 0) is 11.3 Å². The van der Waals surface area contributed by atoms with Gasteiger partial charge in [0.15, 0.2) is 0 Å². The van der Waals surface area contributed by atoms with E-state index in [2.05, 4.69) is 35.0 Å². The molecule has 1 aromatic heterocycles. The average molecular weight is 595 g/mol. The van der Waals surface area contributed by atoms with Crippen molar-refractivity contribution < 1.29 is 9.90 Å². The van der Waals surface area contributed by atoms with Gasteiger partial charge in [0.2, 0.25) is 6.41 Å². The number of rotatable bonds is 12. The highest BCUT2D eigenvalue weighted by molar-refractivity contribution is 6.33. The number of piperidine rings is 1. The molecule has 4 rings (SSSR count). The number of likely N-dealkylation sites (tertiary alicyclic amines) is 1. The molecule has 9 heteroatoms. The maximum absolute atomic E-state index is 10.9. The summed E-state index contributed by atoms with van der Waals surface area (Å²) in [5.41, 5.74) is 6.01. The number of aliphatic hydroxyl groups excluding tert-OH is 1. The van der Waals surface area contributed by atoms with E-state index in [-0.39, 0.29) is 12.5 Å². The zero-order chi connectivity index (χ0) is 29.4. The molecule has 0 saturated carbocycles. The third-order valence-corrected chi connectivity index (χ3v) is 8.16. The molecule has 0 spiro atoms. The second-order valence-corrected chi connectivity index (χ2v) is 11.3. The van der Waals surface area contributed by atoms with Crippen LogP contribution in [0.1, 0.15) is 54.0 Å². The number of aliphatic hydroxyl groups is 1. The van der Waals surface area contributed by atoms with Gasteiger partial charge in [0, 0.05) is 47.7 Å². The van der Waals surface area contributed by atoms with E-state index in [1.165, 1.54) is 5.56 Å². The summed E-state index contributed by atoms with van der Waals surface area (Å²) in [6.45, 7) is 8.53. The predicted octanol–water partition coefficient (Wildman–Crippen LogP) is 6.20. The van der Waals surface area contributed by atoms with Gasteiger partial charge >= 0.3 is 0 Å². The van der Waals surface area contributed by atoms with E-state index < -0.39 is 0 Å². The number of benzene rings is 2. The second-order valence-electron chi connectivity index (χ2n) is 10.5. The second kappa shape index (κ2) is 14.6. The summed E-state index contributed by atoms with van der Waals surface area (Å²) in [5, 5.41) is 14.4. The van der Waals surface area contributed by atoms with Crippen molar-refractivity contribution >= 4 is 47.7 Å². The first-order chi connectivity index (χ1) is 19.8. The van der Waals surface area contributed by atoms with Gasteiger partial charge in [0.05, 0.1) is 23.0 Å². The molecule has 216 valence electrons. The van der Waals surface area contributed by atoms with Crippen LogP contribution in [-0.4, -0.2) is 66.7 Å². The van der Waals surface area contributed by atoms with Crippen molar-refractivity contribution in [3.8, 4) is 0 Å². The number of allylic oxidation sites excluding steroid dienone is 1. The highest BCUT2D eigenvalue weighted by atomic mass is 35.5. The lowest BCUT2D eigenvalue weighted by Gasteiger charge is -2.29. The Labute approximate surface area is 252 Å². The number of hydrogen-bond acceptors (Lipinski definition) is 5. The van der Waals surface area contributed by atoms with Gasteiger partial charge in [-0.25, -0.2) is 4.99 Å². The van der Waals surface area contributed by atoms with Gasteiger partial charge in [-0.15, -0.1) is 0 Å². The third-order valence-electron chi connectivity index (χ3n) is 7.63. The van der Waals surface area contributed by atoms with Crippen molar-refractivity contribution in [1.29, 1.82) is 0 Å². The molecule has 0 bridgehead atoms. The molecule has 1 saturated heterocycles. The Morgan fingerprint density at radius 2 is 1.98 bits per heavy atom. The van der Waals surface area contributed by atoms with Crippen LogP contribution >= 0.6 is 23.2 Å². The average Bonchev–Trinajstić information content (AvgIpc) is 3.36. The Morgan fingerprint density at radius 1 is 1.20 bits per heavy atom. The highest BCUT2D eigenvalue weighted by Gasteiger charge is 2.22. The fraction of sp³-hybridized carbons (Fsp3) is 0.344. The summed E-state index contributed by atoms with van der Waals surface area (Å²) in [6, 6.07) is 15.7. The predicted molar refractivity (Wildman–Crippen MR) is 169 cm³/mol. The standard InChI is InChI=1S/C32H37Cl2N5O2/c1-22(18-35-2)32(37-30-8-7-24(16-29(30)34)23-9-12-38(3)13-10-23)26-17-31(39(19-26)14-11-36-21-41)28(20-40)25-5-4-6-27(33)15-25/h4-8,15-19,21,23,28,40H,2,9-14,20H2,1,3H3,(H,36,41)/b22-18-,37-32?. The van der Waals surface area contributed by atoms with Gasteiger partial charge in [0.25, 0.3) is 0 Å². The summed E-state index contributed by atoms with van der Waals surface area (Å²) in [5.74, 6) is 0.158. The van der Waals surface area contributed by atoms with Crippen molar-refractivity contribution in [2.24, 2.45) is 9.98 Å². The Hall–Kier alpha value is -3.23. The Morgan fingerprint density at radius 3 is 2.63 bits per heavy atom. The molecule has 1 amide bonds. The van der Waals surface area contributed by atoms with Crippen LogP contribution in [0.25, 0.3) is 0 Å². The van der Waals surface area contributed by atoms with Crippen LogP contribution in [0.5, 0.6) is 0 Å². The minimum atomic E-state index is -0.334. The molecule has 41 heavy (non-hydrogen) atoms. The SMILES string of the molecule is C=N/C=C(/C)C(=Nc1ccc(C2CCN(C)CC2)cc1Cl)c1cc(C(CO)c2cccc(Cl)c2)n(CCNC=O)c1. The molecule has 1 fully saturated rings. The molecule has 1 atom stereocenters. The first-order valence-corrected chi connectivity index (χ1v) is 14.5. The first kappa shape index (κ1) is 30.7. The van der Waals surface area contributed by atoms with E-state index in [4.69, 9.17) is 28.2 Å². The van der Waals surface area contributed by atoms with Crippen molar-refractivity contribution in [2.75, 3.05) is 33.3 Å². The molecule has 1 unspecified atom stereocenters. The molecule has 0 aliphatic carbocycles. The van der Waals surface area contributed by atoms with Crippen molar-refractivity contribution in [3.05, 3.63) is 98.9 Å². The van der Waals surface area contributed by atoms with E-state index in [0.29, 0.717) is 46.9 Å². The Kier molecular flexibility index (Phi) is 10.9.